The van der Waals surface area contributed by atoms with Crippen LogP contribution in [0.1, 0.15) is 5.56 Å². The predicted octanol–water partition coefficient (Wildman–Crippen LogP) is 3.53. The van der Waals surface area contributed by atoms with Gasteiger partial charge < -0.3 is 8.01 Å². The average Bonchev–Trinajstić information content (AvgIpc) is 2.25. The van der Waals surface area contributed by atoms with Gasteiger partial charge >= 0.3 is 0 Å². The minimum absolute atomic E-state index is 0.153. The maximum atomic E-state index is 13.6. The van der Waals surface area contributed by atoms with Crippen molar-refractivity contribution in [2.75, 3.05) is 13.1 Å². The normalized spacial score (nSPS) is 15.7. The van der Waals surface area contributed by atoms with Gasteiger partial charge in [-0.15, -0.1) is 0 Å². The molecule has 1 heterocycles. The largest absolute Gasteiger partial charge is 0.370 e. The number of benzene rings is 1. The molecule has 1 aromatic rings. The minimum Gasteiger partial charge on any atom is -0.370 e. The highest BCUT2D eigenvalue weighted by Crippen LogP contribution is 2.18. The Hall–Kier alpha value is -0.300. The summed E-state index contributed by atoms with van der Waals surface area (Å²) >= 11 is 5.50. The van der Waals surface area contributed by atoms with E-state index in [-0.39, 0.29) is 5.82 Å². The molecule has 0 aliphatic carbocycles. The standard InChI is InChI=1S/C11H11BrFIN2/c12-10-2-1-9(11(13)7-10)8-15-3-5-16(14)6-4-15/h1-3,5,7H,4,6,8H2. The number of rotatable bonds is 2. The zero-order valence-corrected chi connectivity index (χ0v) is 12.3. The van der Waals surface area contributed by atoms with Crippen LogP contribution in [0.15, 0.2) is 35.1 Å². The lowest BCUT2D eigenvalue weighted by atomic mass is 10.2. The first kappa shape index (κ1) is 12.2. The van der Waals surface area contributed by atoms with Gasteiger partial charge in [-0.25, -0.2) is 4.39 Å². The quantitative estimate of drug-likeness (QED) is 0.557. The third kappa shape index (κ3) is 3.10. The summed E-state index contributed by atoms with van der Waals surface area (Å²) in [4.78, 5) is 2.11. The molecule has 0 N–H and O–H groups in total. The van der Waals surface area contributed by atoms with E-state index in [1.54, 1.807) is 0 Å². The van der Waals surface area contributed by atoms with E-state index in [9.17, 15) is 4.39 Å². The van der Waals surface area contributed by atoms with E-state index < -0.39 is 0 Å². The average molecular weight is 397 g/mol. The molecule has 0 saturated carbocycles. The van der Waals surface area contributed by atoms with Crippen LogP contribution in [0.25, 0.3) is 0 Å². The van der Waals surface area contributed by atoms with Crippen LogP contribution >= 0.6 is 38.8 Å². The smallest absolute Gasteiger partial charge is 0.129 e. The monoisotopic (exact) mass is 396 g/mol. The summed E-state index contributed by atoms with van der Waals surface area (Å²) in [5, 5.41) is 0. The summed E-state index contributed by atoms with van der Waals surface area (Å²) in [6.45, 7) is 2.52. The number of hydrogen-bond donors (Lipinski definition) is 0. The Morgan fingerprint density at radius 3 is 2.75 bits per heavy atom. The van der Waals surface area contributed by atoms with E-state index in [1.165, 1.54) is 6.07 Å². The van der Waals surface area contributed by atoms with Crippen LogP contribution < -0.4 is 0 Å². The molecule has 1 aliphatic rings. The molecule has 5 heteroatoms. The Bertz CT molecular complexity index is 411. The fourth-order valence-electron chi connectivity index (χ4n) is 1.54. The molecule has 0 fully saturated rings. The zero-order valence-electron chi connectivity index (χ0n) is 8.54. The fraction of sp³-hybridized carbons (Fsp3) is 0.273. The van der Waals surface area contributed by atoms with E-state index in [0.29, 0.717) is 6.54 Å². The third-order valence-electron chi connectivity index (χ3n) is 2.43. The zero-order chi connectivity index (χ0) is 11.5. The molecule has 0 unspecified atom stereocenters. The van der Waals surface area contributed by atoms with Gasteiger partial charge in [0.2, 0.25) is 0 Å². The SMILES string of the molecule is Fc1cc(Br)ccc1CN1C=CN(I)CC1. The van der Waals surface area contributed by atoms with Gasteiger partial charge in [-0.05, 0) is 12.1 Å². The molecule has 2 nitrogen and oxygen atoms in total. The van der Waals surface area contributed by atoms with Gasteiger partial charge in [0.15, 0.2) is 0 Å². The second-order valence-electron chi connectivity index (χ2n) is 3.63. The molecule has 0 atom stereocenters. The van der Waals surface area contributed by atoms with Crippen LogP contribution in [0.4, 0.5) is 4.39 Å². The minimum atomic E-state index is -0.153. The molecule has 1 aromatic carbocycles. The van der Waals surface area contributed by atoms with Gasteiger partial charge in [0, 0.05) is 42.1 Å². The second-order valence-corrected chi connectivity index (χ2v) is 5.78. The van der Waals surface area contributed by atoms with Crippen LogP contribution in [0, 0.1) is 5.82 Å². The molecule has 86 valence electrons. The fourth-order valence-corrected chi connectivity index (χ4v) is 2.23. The van der Waals surface area contributed by atoms with Crippen molar-refractivity contribution in [2.45, 2.75) is 6.54 Å². The summed E-state index contributed by atoms with van der Waals surface area (Å²) in [6, 6.07) is 5.20. The first-order valence-corrected chi connectivity index (χ1v) is 6.69. The van der Waals surface area contributed by atoms with Crippen molar-refractivity contribution in [3.05, 3.63) is 46.5 Å². The topological polar surface area (TPSA) is 6.48 Å². The summed E-state index contributed by atoms with van der Waals surface area (Å²) in [5.74, 6) is -0.153. The Balaban J connectivity index is 2.07. The van der Waals surface area contributed by atoms with Crippen molar-refractivity contribution in [3.63, 3.8) is 0 Å². The van der Waals surface area contributed by atoms with Gasteiger partial charge in [0.05, 0.1) is 22.9 Å². The van der Waals surface area contributed by atoms with Crippen molar-refractivity contribution in [1.82, 2.24) is 8.01 Å². The molecular weight excluding hydrogens is 386 g/mol. The Kier molecular flexibility index (Phi) is 4.07. The highest BCUT2D eigenvalue weighted by molar-refractivity contribution is 14.1. The van der Waals surface area contributed by atoms with E-state index in [1.807, 2.05) is 24.5 Å². The van der Waals surface area contributed by atoms with E-state index in [2.05, 4.69) is 46.8 Å². The Morgan fingerprint density at radius 1 is 1.31 bits per heavy atom. The summed E-state index contributed by atoms with van der Waals surface area (Å²) in [5.41, 5.74) is 0.731. The highest BCUT2D eigenvalue weighted by atomic mass is 127. The van der Waals surface area contributed by atoms with Crippen molar-refractivity contribution >= 4 is 38.8 Å². The van der Waals surface area contributed by atoms with Crippen LogP contribution in [0.2, 0.25) is 0 Å². The maximum absolute atomic E-state index is 13.6. The molecule has 2 rings (SSSR count). The van der Waals surface area contributed by atoms with Crippen LogP contribution in [-0.4, -0.2) is 21.1 Å². The van der Waals surface area contributed by atoms with Crippen LogP contribution in [0.5, 0.6) is 0 Å². The predicted molar refractivity (Wildman–Crippen MR) is 74.4 cm³/mol. The molecule has 0 radical (unpaired) electrons. The summed E-state index contributed by atoms with van der Waals surface area (Å²) < 4.78 is 16.5. The lowest BCUT2D eigenvalue weighted by Crippen LogP contribution is -2.29. The van der Waals surface area contributed by atoms with Gasteiger partial charge in [0.1, 0.15) is 5.82 Å². The van der Waals surface area contributed by atoms with E-state index in [4.69, 9.17) is 0 Å². The molecule has 0 amide bonds. The van der Waals surface area contributed by atoms with Gasteiger partial charge in [0.25, 0.3) is 0 Å². The molecule has 0 saturated heterocycles. The van der Waals surface area contributed by atoms with Crippen LogP contribution in [-0.2, 0) is 6.54 Å². The van der Waals surface area contributed by atoms with Gasteiger partial charge in [-0.1, -0.05) is 22.0 Å². The van der Waals surface area contributed by atoms with Crippen molar-refractivity contribution in [1.29, 1.82) is 0 Å². The van der Waals surface area contributed by atoms with Crippen molar-refractivity contribution in [3.8, 4) is 0 Å². The maximum Gasteiger partial charge on any atom is 0.129 e. The second kappa shape index (κ2) is 5.35. The Morgan fingerprint density at radius 2 is 2.12 bits per heavy atom. The molecule has 0 bridgehead atoms. The lowest BCUT2D eigenvalue weighted by molar-refractivity contribution is 0.323. The number of nitrogens with zero attached hydrogens (tertiary/aromatic N) is 2. The van der Waals surface area contributed by atoms with E-state index in [0.717, 1.165) is 23.1 Å². The Labute approximate surface area is 117 Å². The molecule has 0 spiro atoms. The molecular formula is C11H11BrFIN2. The first-order valence-electron chi connectivity index (χ1n) is 4.94. The van der Waals surface area contributed by atoms with E-state index >= 15 is 0 Å². The third-order valence-corrected chi connectivity index (χ3v) is 3.73. The van der Waals surface area contributed by atoms with Gasteiger partial charge in [-0.3, -0.25) is 0 Å². The highest BCUT2D eigenvalue weighted by Gasteiger charge is 2.10. The molecule has 1 aliphatic heterocycles. The summed E-state index contributed by atoms with van der Waals surface area (Å²) in [6.07, 6.45) is 4.00. The van der Waals surface area contributed by atoms with Crippen LogP contribution in [0.3, 0.4) is 0 Å². The number of hydrogen-bond acceptors (Lipinski definition) is 2. The number of halogens is 3. The van der Waals surface area contributed by atoms with Gasteiger partial charge in [-0.2, -0.15) is 0 Å². The molecule has 16 heavy (non-hydrogen) atoms. The summed E-state index contributed by atoms with van der Waals surface area (Å²) in [7, 11) is 0. The van der Waals surface area contributed by atoms with Crippen molar-refractivity contribution < 1.29 is 4.39 Å². The molecule has 0 aromatic heterocycles. The lowest BCUT2D eigenvalue weighted by Gasteiger charge is -2.27. The first-order chi connectivity index (χ1) is 7.65. The van der Waals surface area contributed by atoms with Crippen molar-refractivity contribution in [2.24, 2.45) is 0 Å².